The number of aromatic carboxylic acids is 1. The average molecular weight is 479 g/mol. The number of thiol groups is 1. The van der Waals surface area contributed by atoms with E-state index < -0.39 is 34.8 Å². The molecule has 5 N–H and O–H groups in total. The summed E-state index contributed by atoms with van der Waals surface area (Å²) in [6, 6.07) is 8.44. The van der Waals surface area contributed by atoms with Crippen molar-refractivity contribution in [2.75, 3.05) is 5.32 Å². The van der Waals surface area contributed by atoms with Crippen LogP contribution in [0.1, 0.15) is 42.8 Å². The minimum Gasteiger partial charge on any atom is -0.478 e. The van der Waals surface area contributed by atoms with Gasteiger partial charge in [-0.2, -0.15) is 17.0 Å². The fourth-order valence-corrected chi connectivity index (χ4v) is 4.04. The maximum atomic E-state index is 13.3. The molecule has 0 bridgehead atoms. The van der Waals surface area contributed by atoms with Crippen LogP contribution in [-0.2, 0) is 6.54 Å². The van der Waals surface area contributed by atoms with Gasteiger partial charge in [0.15, 0.2) is 11.6 Å². The molecule has 8 nitrogen and oxygen atoms in total. The van der Waals surface area contributed by atoms with Crippen molar-refractivity contribution in [1.82, 2.24) is 9.69 Å². The molecular weight excluding hydrogens is 462 g/mol. The van der Waals surface area contributed by atoms with E-state index in [4.69, 9.17) is 10.8 Å². The van der Waals surface area contributed by atoms with Gasteiger partial charge >= 0.3 is 12.0 Å². The number of nitrogens with zero attached hydrogens (tertiary/aromatic N) is 1. The molecule has 1 unspecified atom stereocenters. The third-order valence-corrected chi connectivity index (χ3v) is 5.66. The van der Waals surface area contributed by atoms with Crippen molar-refractivity contribution < 1.29 is 28.3 Å². The Morgan fingerprint density at radius 3 is 2.56 bits per heavy atom. The van der Waals surface area contributed by atoms with E-state index in [1.807, 2.05) is 0 Å². The highest BCUT2D eigenvalue weighted by molar-refractivity contribution is 7.80. The molecule has 3 rings (SSSR count). The molecule has 32 heavy (non-hydrogen) atoms. The van der Waals surface area contributed by atoms with Crippen LogP contribution < -0.4 is 16.4 Å². The van der Waals surface area contributed by atoms with E-state index >= 15 is 0 Å². The van der Waals surface area contributed by atoms with Crippen molar-refractivity contribution in [3.8, 4) is 0 Å². The second kappa shape index (κ2) is 9.75. The van der Waals surface area contributed by atoms with Gasteiger partial charge in [-0.05, 0) is 46.9 Å². The largest absolute Gasteiger partial charge is 0.478 e. The zero-order chi connectivity index (χ0) is 23.4. The summed E-state index contributed by atoms with van der Waals surface area (Å²) in [5, 5.41) is 13.3. The number of rotatable bonds is 7. The van der Waals surface area contributed by atoms with Crippen LogP contribution >= 0.6 is 24.2 Å². The average Bonchev–Trinajstić information content (AvgIpc) is 3.17. The van der Waals surface area contributed by atoms with Crippen LogP contribution in [0.5, 0.6) is 0 Å². The second-order valence-electron chi connectivity index (χ2n) is 6.53. The lowest BCUT2D eigenvalue weighted by Gasteiger charge is -2.12. The molecule has 0 spiro atoms. The van der Waals surface area contributed by atoms with Crippen molar-refractivity contribution in [1.29, 1.82) is 0 Å². The number of halogens is 2. The van der Waals surface area contributed by atoms with Gasteiger partial charge in [-0.3, -0.25) is 10.1 Å². The number of amides is 3. The molecule has 3 aromatic rings. The van der Waals surface area contributed by atoms with E-state index in [2.05, 4.69) is 27.6 Å². The minimum atomic E-state index is -1.12. The van der Waals surface area contributed by atoms with Crippen LogP contribution in [-0.4, -0.2) is 27.4 Å². The molecule has 12 heteroatoms. The van der Waals surface area contributed by atoms with Crippen molar-refractivity contribution >= 4 is 47.1 Å². The molecule has 1 heterocycles. The van der Waals surface area contributed by atoms with Crippen molar-refractivity contribution in [2.45, 2.75) is 11.8 Å². The number of hydrogen-bond donors (Lipinski definition) is 5. The quantitative estimate of drug-likeness (QED) is 0.331. The molecule has 0 saturated carbocycles. The molecule has 2 aromatic carbocycles. The van der Waals surface area contributed by atoms with Gasteiger partial charge in [0.05, 0.1) is 22.1 Å². The predicted octanol–water partition coefficient (Wildman–Crippen LogP) is 3.56. The summed E-state index contributed by atoms with van der Waals surface area (Å²) in [7, 11) is 0. The van der Waals surface area contributed by atoms with Crippen molar-refractivity contribution in [3.63, 3.8) is 0 Å². The summed E-state index contributed by atoms with van der Waals surface area (Å²) in [6.45, 7) is -0.0994. The fourth-order valence-electron chi connectivity index (χ4n) is 2.79. The maximum Gasteiger partial charge on any atom is 0.335 e. The van der Waals surface area contributed by atoms with E-state index in [1.165, 1.54) is 24.3 Å². The first-order chi connectivity index (χ1) is 15.2. The number of hydrogen-bond acceptors (Lipinski definition) is 6. The van der Waals surface area contributed by atoms with Gasteiger partial charge in [-0.15, -0.1) is 0 Å². The molecule has 1 atom stereocenters. The number of primary amides is 1. The zero-order valence-electron chi connectivity index (χ0n) is 16.1. The normalized spacial score (nSPS) is 11.6. The summed E-state index contributed by atoms with van der Waals surface area (Å²) in [4.78, 5) is 35.5. The van der Waals surface area contributed by atoms with Crippen LogP contribution in [0.25, 0.3) is 0 Å². The predicted molar refractivity (Wildman–Crippen MR) is 117 cm³/mol. The lowest BCUT2D eigenvalue weighted by molar-refractivity contribution is 0.0696. The van der Waals surface area contributed by atoms with Gasteiger partial charge in [-0.25, -0.2) is 18.4 Å². The van der Waals surface area contributed by atoms with Gasteiger partial charge in [0.1, 0.15) is 5.00 Å². The first-order valence-electron chi connectivity index (χ1n) is 8.96. The Hall–Kier alpha value is -3.51. The highest BCUT2D eigenvalue weighted by Crippen LogP contribution is 2.35. The van der Waals surface area contributed by atoms with Gasteiger partial charge < -0.3 is 16.2 Å². The highest BCUT2D eigenvalue weighted by Gasteiger charge is 2.26. The maximum absolute atomic E-state index is 13.3. The van der Waals surface area contributed by atoms with Gasteiger partial charge in [-0.1, -0.05) is 18.2 Å². The number of urea groups is 1. The Kier molecular flexibility index (Phi) is 7.05. The molecule has 0 aliphatic heterocycles. The number of carboxylic acid groups (broad SMARTS) is 1. The van der Waals surface area contributed by atoms with Crippen LogP contribution in [0.15, 0.2) is 42.5 Å². The molecule has 0 radical (unpaired) electrons. The first-order valence-corrected chi connectivity index (χ1v) is 10.3. The number of aromatic nitrogens is 1. The summed E-state index contributed by atoms with van der Waals surface area (Å²) in [5.41, 5.74) is 6.39. The third kappa shape index (κ3) is 5.21. The van der Waals surface area contributed by atoms with E-state index in [1.54, 1.807) is 6.07 Å². The molecule has 3 amide bonds. The van der Waals surface area contributed by atoms with Crippen LogP contribution in [0.3, 0.4) is 0 Å². The Morgan fingerprint density at radius 1 is 1.16 bits per heavy atom. The molecule has 166 valence electrons. The number of nitrogens with one attached hydrogen (secondary N) is 2. The smallest absolute Gasteiger partial charge is 0.335 e. The summed E-state index contributed by atoms with van der Waals surface area (Å²) < 4.78 is 30.4. The zero-order valence-corrected chi connectivity index (χ0v) is 17.8. The van der Waals surface area contributed by atoms with E-state index in [0.29, 0.717) is 11.1 Å². The van der Waals surface area contributed by atoms with Crippen LogP contribution in [0, 0.1) is 11.6 Å². The summed E-state index contributed by atoms with van der Waals surface area (Å²) in [5.74, 6) is -4.03. The fraction of sp³-hybridized carbons (Fsp3) is 0.100. The van der Waals surface area contributed by atoms with Crippen LogP contribution in [0.4, 0.5) is 18.6 Å². The SMILES string of the molecule is NC(=O)c1c(C(S)c2cccc(C(=O)O)c2)nsc1NC(=O)NCc1ccc(F)c(F)c1. The number of carbonyl (C=O) groups excluding carboxylic acids is 2. The molecule has 0 saturated heterocycles. The molecular formula is C20H16F2N4O4S2. The van der Waals surface area contributed by atoms with Crippen molar-refractivity contribution in [2.24, 2.45) is 5.73 Å². The van der Waals surface area contributed by atoms with Gasteiger partial charge in [0.25, 0.3) is 5.91 Å². The Labute approximate surface area is 190 Å². The van der Waals surface area contributed by atoms with Gasteiger partial charge in [0.2, 0.25) is 0 Å². The highest BCUT2D eigenvalue weighted by atomic mass is 32.1. The topological polar surface area (TPSA) is 134 Å². The number of carboxylic acids is 1. The number of benzene rings is 2. The van der Waals surface area contributed by atoms with E-state index in [9.17, 15) is 23.2 Å². The van der Waals surface area contributed by atoms with Crippen molar-refractivity contribution in [3.05, 3.63) is 82.0 Å². The molecule has 1 aromatic heterocycles. The molecule has 0 aliphatic rings. The molecule has 0 aliphatic carbocycles. The first kappa shape index (κ1) is 23.2. The second-order valence-corrected chi connectivity index (χ2v) is 7.82. The monoisotopic (exact) mass is 478 g/mol. The lowest BCUT2D eigenvalue weighted by Crippen LogP contribution is -2.29. The third-order valence-electron chi connectivity index (χ3n) is 4.34. The Bertz CT molecular complexity index is 1200. The number of nitrogens with two attached hydrogens (primary N) is 1. The summed E-state index contributed by atoms with van der Waals surface area (Å²) in [6.07, 6.45) is 0. The number of anilines is 1. The standard InChI is InChI=1S/C20H16F2N4O4S2/c21-12-5-4-9(6-13(12)22)8-24-20(30)25-18-14(17(23)27)15(26-32-18)16(31)10-2-1-3-11(7-10)19(28)29/h1-7,16,31H,8H2,(H2,23,27)(H,28,29)(H2,24,25,30). The lowest BCUT2D eigenvalue weighted by atomic mass is 10.0. The molecule has 0 fully saturated rings. The van der Waals surface area contributed by atoms with E-state index in [0.717, 1.165) is 23.7 Å². The Balaban J connectivity index is 1.77. The van der Waals surface area contributed by atoms with E-state index in [-0.39, 0.29) is 28.4 Å². The van der Waals surface area contributed by atoms with Crippen LogP contribution in [0.2, 0.25) is 0 Å². The van der Waals surface area contributed by atoms with Gasteiger partial charge in [0, 0.05) is 6.54 Å². The summed E-state index contributed by atoms with van der Waals surface area (Å²) >= 11 is 5.24. The minimum absolute atomic E-state index is 0.0346. The Morgan fingerprint density at radius 2 is 1.91 bits per heavy atom. The number of carbonyl (C=O) groups is 3.